The lowest BCUT2D eigenvalue weighted by Gasteiger charge is -2.10. The molecule has 1 rings (SSSR count). The Kier molecular flexibility index (Phi) is 6.11. The van der Waals surface area contributed by atoms with Crippen LogP contribution in [0.4, 0.5) is 5.69 Å². The summed E-state index contributed by atoms with van der Waals surface area (Å²) in [7, 11) is 0. The van der Waals surface area contributed by atoms with Gasteiger partial charge in [-0.05, 0) is 24.1 Å². The molecule has 0 spiro atoms. The van der Waals surface area contributed by atoms with Gasteiger partial charge in [0.15, 0.2) is 0 Å². The molecule has 0 heterocycles. The maximum atomic E-state index is 10.2. The summed E-state index contributed by atoms with van der Waals surface area (Å²) in [6, 6.07) is 7.96. The summed E-state index contributed by atoms with van der Waals surface area (Å²) in [5, 5.41) is 3.20. The fourth-order valence-electron chi connectivity index (χ4n) is 1.28. The number of rotatable bonds is 5. The van der Waals surface area contributed by atoms with Crippen molar-refractivity contribution < 1.29 is 4.79 Å². The number of para-hydroxylation sites is 1. The number of nitrogens with one attached hydrogen (secondary N) is 1. The first-order chi connectivity index (χ1) is 6.75. The lowest BCUT2D eigenvalue weighted by molar-refractivity contribution is -0.107. The molecule has 0 saturated heterocycles. The fraction of sp³-hybridized carbons (Fsp3) is 0.308. The summed E-state index contributed by atoms with van der Waals surface area (Å²) in [6.45, 7) is 6.55. The highest BCUT2D eigenvalue weighted by atomic mass is 16.1. The molecule has 82 valence electrons. The molecule has 1 N–H and O–H groups in total. The molecule has 0 bridgehead atoms. The molecule has 15 heavy (non-hydrogen) atoms. The summed E-state index contributed by atoms with van der Waals surface area (Å²) in [5.74, 6) is 0. The van der Waals surface area contributed by atoms with Crippen LogP contribution in [0.1, 0.15) is 26.3 Å². The van der Waals surface area contributed by atoms with Crippen LogP contribution in [-0.4, -0.2) is 12.8 Å². The third-order valence-corrected chi connectivity index (χ3v) is 1.96. The van der Waals surface area contributed by atoms with Gasteiger partial charge in [0.2, 0.25) is 0 Å². The minimum absolute atomic E-state index is 0. The second-order valence-electron chi connectivity index (χ2n) is 3.21. The maximum Gasteiger partial charge on any atom is 0.121 e. The van der Waals surface area contributed by atoms with Crippen molar-refractivity contribution in [2.45, 2.75) is 20.8 Å². The Morgan fingerprint density at radius 2 is 2.13 bits per heavy atom. The Balaban J connectivity index is 0.00000196. The molecular formula is C13H19NO. The molecule has 1 aromatic rings. The number of aldehydes is 1. The third-order valence-electron chi connectivity index (χ3n) is 1.96. The minimum atomic E-state index is 0. The lowest BCUT2D eigenvalue weighted by atomic mass is 10.1. The van der Waals surface area contributed by atoms with Crippen LogP contribution in [-0.2, 0) is 4.79 Å². The van der Waals surface area contributed by atoms with Crippen molar-refractivity contribution in [3.05, 3.63) is 36.4 Å². The second kappa shape index (κ2) is 6.82. The van der Waals surface area contributed by atoms with E-state index in [9.17, 15) is 4.79 Å². The largest absolute Gasteiger partial charge is 0.384 e. The van der Waals surface area contributed by atoms with E-state index in [2.05, 4.69) is 11.9 Å². The van der Waals surface area contributed by atoms with E-state index in [1.807, 2.05) is 31.2 Å². The molecule has 2 nitrogen and oxygen atoms in total. The van der Waals surface area contributed by atoms with E-state index < -0.39 is 0 Å². The third kappa shape index (κ3) is 3.98. The molecule has 0 aliphatic heterocycles. The average molecular weight is 205 g/mol. The summed E-state index contributed by atoms with van der Waals surface area (Å²) in [5.41, 5.74) is 3.18. The standard InChI is InChI=1S/C12H15NO.CH4/c1-10(2)11-6-3-4-7-12(11)13-8-5-9-14;/h3-4,6-7,9,13H,1,5,8H2,2H3;1H4. The number of hydrogen-bond acceptors (Lipinski definition) is 2. The van der Waals surface area contributed by atoms with Gasteiger partial charge in [-0.1, -0.05) is 32.2 Å². The Labute approximate surface area is 92.0 Å². The molecule has 0 unspecified atom stereocenters. The first-order valence-corrected chi connectivity index (χ1v) is 4.68. The van der Waals surface area contributed by atoms with Crippen molar-refractivity contribution in [1.29, 1.82) is 0 Å². The van der Waals surface area contributed by atoms with Crippen LogP contribution in [0.25, 0.3) is 5.57 Å². The number of hydrogen-bond donors (Lipinski definition) is 1. The summed E-state index contributed by atoms with van der Waals surface area (Å²) >= 11 is 0. The van der Waals surface area contributed by atoms with Gasteiger partial charge in [-0.15, -0.1) is 0 Å². The van der Waals surface area contributed by atoms with Crippen LogP contribution >= 0.6 is 0 Å². The van der Waals surface area contributed by atoms with E-state index in [0.717, 1.165) is 23.1 Å². The number of carbonyl (C=O) groups is 1. The molecule has 0 saturated carbocycles. The SMILES string of the molecule is C.C=C(C)c1ccccc1NCCC=O. The van der Waals surface area contributed by atoms with Gasteiger partial charge in [0.05, 0.1) is 0 Å². The first kappa shape index (κ1) is 13.4. The van der Waals surface area contributed by atoms with E-state index in [1.165, 1.54) is 0 Å². The maximum absolute atomic E-state index is 10.2. The van der Waals surface area contributed by atoms with Gasteiger partial charge in [-0.2, -0.15) is 0 Å². The minimum Gasteiger partial charge on any atom is -0.384 e. The summed E-state index contributed by atoms with van der Waals surface area (Å²) in [6.07, 6.45) is 1.45. The molecule has 0 fully saturated rings. The molecule has 0 atom stereocenters. The van der Waals surface area contributed by atoms with Crippen LogP contribution in [0.3, 0.4) is 0 Å². The quantitative estimate of drug-likeness (QED) is 0.590. The van der Waals surface area contributed by atoms with E-state index in [1.54, 1.807) is 0 Å². The van der Waals surface area contributed by atoms with E-state index >= 15 is 0 Å². The highest BCUT2D eigenvalue weighted by Crippen LogP contribution is 2.21. The van der Waals surface area contributed by atoms with Crippen LogP contribution < -0.4 is 5.32 Å². The predicted octanol–water partition coefficient (Wildman–Crippen LogP) is 3.36. The average Bonchev–Trinajstić information content (AvgIpc) is 2.19. The number of anilines is 1. The molecular weight excluding hydrogens is 186 g/mol. The van der Waals surface area contributed by atoms with Crippen molar-refractivity contribution in [2.24, 2.45) is 0 Å². The van der Waals surface area contributed by atoms with Crippen molar-refractivity contribution in [1.82, 2.24) is 0 Å². The smallest absolute Gasteiger partial charge is 0.121 e. The van der Waals surface area contributed by atoms with Crippen molar-refractivity contribution in [3.63, 3.8) is 0 Å². The predicted molar refractivity (Wildman–Crippen MR) is 67.1 cm³/mol. The zero-order valence-corrected chi connectivity index (χ0v) is 8.42. The Morgan fingerprint density at radius 1 is 1.47 bits per heavy atom. The summed E-state index contributed by atoms with van der Waals surface area (Å²) < 4.78 is 0. The van der Waals surface area contributed by atoms with Crippen LogP contribution in [0.2, 0.25) is 0 Å². The number of allylic oxidation sites excluding steroid dienone is 1. The monoisotopic (exact) mass is 205 g/mol. The highest BCUT2D eigenvalue weighted by Gasteiger charge is 2.00. The Bertz CT molecular complexity index is 331. The van der Waals surface area contributed by atoms with Gasteiger partial charge in [0, 0.05) is 18.7 Å². The zero-order valence-electron chi connectivity index (χ0n) is 8.42. The molecule has 0 aromatic heterocycles. The van der Waals surface area contributed by atoms with Crippen LogP contribution in [0, 0.1) is 0 Å². The van der Waals surface area contributed by atoms with Crippen molar-refractivity contribution in [3.8, 4) is 0 Å². The first-order valence-electron chi connectivity index (χ1n) is 4.68. The zero-order chi connectivity index (χ0) is 10.4. The molecule has 0 aliphatic rings. The van der Waals surface area contributed by atoms with Crippen LogP contribution in [0.15, 0.2) is 30.8 Å². The topological polar surface area (TPSA) is 29.1 Å². The molecule has 0 aliphatic carbocycles. The van der Waals surface area contributed by atoms with Crippen molar-refractivity contribution >= 4 is 17.5 Å². The highest BCUT2D eigenvalue weighted by molar-refractivity contribution is 5.73. The number of benzene rings is 1. The van der Waals surface area contributed by atoms with Gasteiger partial charge >= 0.3 is 0 Å². The van der Waals surface area contributed by atoms with E-state index in [4.69, 9.17) is 0 Å². The summed E-state index contributed by atoms with van der Waals surface area (Å²) in [4.78, 5) is 10.2. The van der Waals surface area contributed by atoms with E-state index in [-0.39, 0.29) is 7.43 Å². The van der Waals surface area contributed by atoms with Crippen molar-refractivity contribution in [2.75, 3.05) is 11.9 Å². The molecule has 2 heteroatoms. The second-order valence-corrected chi connectivity index (χ2v) is 3.21. The van der Waals surface area contributed by atoms with Crippen LogP contribution in [0.5, 0.6) is 0 Å². The molecule has 1 aromatic carbocycles. The molecule has 0 radical (unpaired) electrons. The van der Waals surface area contributed by atoms with Gasteiger partial charge in [0.1, 0.15) is 6.29 Å². The number of carbonyl (C=O) groups excluding carboxylic acids is 1. The Hall–Kier alpha value is -1.57. The van der Waals surface area contributed by atoms with Gasteiger partial charge < -0.3 is 10.1 Å². The normalized spacial score (nSPS) is 8.87. The van der Waals surface area contributed by atoms with Gasteiger partial charge in [0.25, 0.3) is 0 Å². The van der Waals surface area contributed by atoms with Gasteiger partial charge in [-0.25, -0.2) is 0 Å². The van der Waals surface area contributed by atoms with E-state index in [0.29, 0.717) is 13.0 Å². The van der Waals surface area contributed by atoms with Gasteiger partial charge in [-0.3, -0.25) is 0 Å². The lowest BCUT2D eigenvalue weighted by Crippen LogP contribution is -2.03. The molecule has 0 amide bonds. The fourth-order valence-corrected chi connectivity index (χ4v) is 1.28. The Morgan fingerprint density at radius 3 is 2.73 bits per heavy atom.